The van der Waals surface area contributed by atoms with Crippen LogP contribution in [0.15, 0.2) is 12.4 Å². The van der Waals surface area contributed by atoms with Crippen LogP contribution >= 0.6 is 0 Å². The van der Waals surface area contributed by atoms with Crippen LogP contribution in [0.25, 0.3) is 0 Å². The van der Waals surface area contributed by atoms with Gasteiger partial charge in [0.15, 0.2) is 0 Å². The Hall–Kier alpha value is -1.32. The SMILES string of the molecule is Cn1cc([C@@H]2CCCN2C(=O)CC(C2CC2)C2CC2)cn1. The highest BCUT2D eigenvalue weighted by molar-refractivity contribution is 5.77. The first kappa shape index (κ1) is 13.4. The molecular formula is C17H25N3O. The van der Waals surface area contributed by atoms with Crippen LogP contribution in [0.5, 0.6) is 0 Å². The third-order valence-electron chi connectivity index (χ3n) is 5.55. The van der Waals surface area contributed by atoms with E-state index in [1.54, 1.807) is 0 Å². The van der Waals surface area contributed by atoms with Gasteiger partial charge in [-0.05, 0) is 56.3 Å². The Morgan fingerprint density at radius 3 is 2.57 bits per heavy atom. The molecule has 0 aromatic carbocycles. The highest BCUT2D eigenvalue weighted by atomic mass is 16.2. The maximum atomic E-state index is 12.8. The van der Waals surface area contributed by atoms with E-state index >= 15 is 0 Å². The molecule has 2 saturated carbocycles. The monoisotopic (exact) mass is 287 g/mol. The number of rotatable bonds is 5. The average molecular weight is 287 g/mol. The lowest BCUT2D eigenvalue weighted by Gasteiger charge is -2.26. The van der Waals surface area contributed by atoms with Gasteiger partial charge in [0.05, 0.1) is 12.2 Å². The predicted octanol–water partition coefficient (Wildman–Crippen LogP) is 2.91. The summed E-state index contributed by atoms with van der Waals surface area (Å²) in [6.45, 7) is 0.931. The van der Waals surface area contributed by atoms with Crippen molar-refractivity contribution < 1.29 is 4.79 Å². The molecule has 3 aliphatic rings. The fourth-order valence-corrected chi connectivity index (χ4v) is 4.11. The van der Waals surface area contributed by atoms with E-state index in [1.807, 2.05) is 17.9 Å². The summed E-state index contributed by atoms with van der Waals surface area (Å²) in [5.74, 6) is 2.81. The fraction of sp³-hybridized carbons (Fsp3) is 0.765. The summed E-state index contributed by atoms with van der Waals surface area (Å²) >= 11 is 0. The molecule has 2 aliphatic carbocycles. The zero-order chi connectivity index (χ0) is 14.4. The summed E-state index contributed by atoms with van der Waals surface area (Å²) in [6, 6.07) is 0.269. The number of aromatic nitrogens is 2. The minimum atomic E-state index is 0.269. The van der Waals surface area contributed by atoms with Gasteiger partial charge in [-0.1, -0.05) is 0 Å². The van der Waals surface area contributed by atoms with E-state index in [0.29, 0.717) is 11.8 Å². The van der Waals surface area contributed by atoms with E-state index in [2.05, 4.69) is 16.2 Å². The number of likely N-dealkylation sites (tertiary alicyclic amines) is 1. The van der Waals surface area contributed by atoms with E-state index in [0.717, 1.165) is 37.6 Å². The van der Waals surface area contributed by atoms with Crippen molar-refractivity contribution in [3.8, 4) is 0 Å². The van der Waals surface area contributed by atoms with Gasteiger partial charge in [-0.25, -0.2) is 0 Å². The van der Waals surface area contributed by atoms with Gasteiger partial charge in [-0.2, -0.15) is 5.10 Å². The zero-order valence-corrected chi connectivity index (χ0v) is 12.9. The van der Waals surface area contributed by atoms with Crippen LogP contribution < -0.4 is 0 Å². The van der Waals surface area contributed by atoms with Crippen LogP contribution in [0, 0.1) is 17.8 Å². The van der Waals surface area contributed by atoms with E-state index in [-0.39, 0.29) is 6.04 Å². The van der Waals surface area contributed by atoms with E-state index in [1.165, 1.54) is 31.2 Å². The average Bonchev–Trinajstić information content (AvgIpc) is 3.38. The number of carbonyl (C=O) groups excluding carboxylic acids is 1. The third kappa shape index (κ3) is 2.72. The Labute approximate surface area is 126 Å². The lowest BCUT2D eigenvalue weighted by atomic mass is 9.93. The molecule has 3 fully saturated rings. The molecule has 0 N–H and O–H groups in total. The lowest BCUT2D eigenvalue weighted by molar-refractivity contribution is -0.133. The van der Waals surface area contributed by atoms with Gasteiger partial charge >= 0.3 is 0 Å². The van der Waals surface area contributed by atoms with Crippen LogP contribution in [0.1, 0.15) is 56.6 Å². The van der Waals surface area contributed by atoms with Gasteiger partial charge in [0.1, 0.15) is 0 Å². The molecule has 1 saturated heterocycles. The van der Waals surface area contributed by atoms with Crippen molar-refractivity contribution >= 4 is 5.91 Å². The van der Waals surface area contributed by atoms with E-state index in [4.69, 9.17) is 0 Å². The molecule has 1 aromatic rings. The molecule has 4 heteroatoms. The quantitative estimate of drug-likeness (QED) is 0.835. The Morgan fingerprint density at radius 1 is 1.29 bits per heavy atom. The largest absolute Gasteiger partial charge is 0.336 e. The van der Waals surface area contributed by atoms with Crippen molar-refractivity contribution in [1.82, 2.24) is 14.7 Å². The molecule has 21 heavy (non-hydrogen) atoms. The van der Waals surface area contributed by atoms with Gasteiger partial charge in [-0.15, -0.1) is 0 Å². The summed E-state index contributed by atoms with van der Waals surface area (Å²) < 4.78 is 1.84. The summed E-state index contributed by atoms with van der Waals surface area (Å²) in [6.07, 6.45) is 12.5. The highest BCUT2D eigenvalue weighted by Crippen LogP contribution is 2.51. The van der Waals surface area contributed by atoms with Crippen molar-refractivity contribution in [1.29, 1.82) is 0 Å². The topological polar surface area (TPSA) is 38.1 Å². The normalized spacial score (nSPS) is 25.8. The number of hydrogen-bond donors (Lipinski definition) is 0. The van der Waals surface area contributed by atoms with Gasteiger partial charge in [-0.3, -0.25) is 9.48 Å². The smallest absolute Gasteiger partial charge is 0.223 e. The van der Waals surface area contributed by atoms with Crippen molar-refractivity contribution in [2.24, 2.45) is 24.8 Å². The molecule has 0 radical (unpaired) electrons. The van der Waals surface area contributed by atoms with Crippen molar-refractivity contribution in [3.05, 3.63) is 18.0 Å². The second kappa shape index (κ2) is 5.15. The molecule has 2 heterocycles. The Kier molecular flexibility index (Phi) is 3.27. The number of amides is 1. The summed E-state index contributed by atoms with van der Waals surface area (Å²) in [5.41, 5.74) is 1.21. The highest BCUT2D eigenvalue weighted by Gasteiger charge is 2.43. The minimum absolute atomic E-state index is 0.269. The van der Waals surface area contributed by atoms with Gasteiger partial charge in [0.25, 0.3) is 0 Å². The molecule has 1 aliphatic heterocycles. The Bertz CT molecular complexity index is 518. The first-order chi connectivity index (χ1) is 10.2. The molecular weight excluding hydrogens is 262 g/mol. The fourth-order valence-electron chi connectivity index (χ4n) is 4.11. The Morgan fingerprint density at radius 2 is 2.00 bits per heavy atom. The van der Waals surface area contributed by atoms with Gasteiger partial charge in [0.2, 0.25) is 5.91 Å². The third-order valence-corrected chi connectivity index (χ3v) is 5.55. The van der Waals surface area contributed by atoms with Gasteiger partial charge in [0, 0.05) is 31.8 Å². The molecule has 4 rings (SSSR count). The van der Waals surface area contributed by atoms with Crippen molar-refractivity contribution in [2.45, 2.75) is 51.0 Å². The molecule has 4 nitrogen and oxygen atoms in total. The standard InChI is InChI=1S/C17H25N3O/c1-19-11-14(10-18-19)16-3-2-8-20(16)17(21)9-15(12-4-5-12)13-6-7-13/h10-13,15-16H,2-9H2,1H3/t16-/m0/s1. The van der Waals surface area contributed by atoms with E-state index < -0.39 is 0 Å². The molecule has 1 aromatic heterocycles. The predicted molar refractivity (Wildman–Crippen MR) is 80.5 cm³/mol. The van der Waals surface area contributed by atoms with Crippen LogP contribution in [-0.4, -0.2) is 27.1 Å². The van der Waals surface area contributed by atoms with Crippen molar-refractivity contribution in [2.75, 3.05) is 6.54 Å². The maximum absolute atomic E-state index is 12.8. The number of hydrogen-bond acceptors (Lipinski definition) is 2. The molecule has 114 valence electrons. The van der Waals surface area contributed by atoms with Crippen LogP contribution in [0.3, 0.4) is 0 Å². The number of aryl methyl sites for hydroxylation is 1. The molecule has 0 spiro atoms. The number of nitrogens with zero attached hydrogens (tertiary/aromatic N) is 3. The number of carbonyl (C=O) groups is 1. The second-order valence-electron chi connectivity index (χ2n) is 7.24. The molecule has 0 unspecified atom stereocenters. The summed E-state index contributed by atoms with van der Waals surface area (Å²) in [4.78, 5) is 14.9. The van der Waals surface area contributed by atoms with Crippen LogP contribution in [0.2, 0.25) is 0 Å². The second-order valence-corrected chi connectivity index (χ2v) is 7.24. The van der Waals surface area contributed by atoms with E-state index in [9.17, 15) is 4.79 Å². The Balaban J connectivity index is 1.45. The zero-order valence-electron chi connectivity index (χ0n) is 12.9. The van der Waals surface area contributed by atoms with Gasteiger partial charge < -0.3 is 4.90 Å². The molecule has 1 amide bonds. The minimum Gasteiger partial charge on any atom is -0.336 e. The van der Waals surface area contributed by atoms with Crippen LogP contribution in [-0.2, 0) is 11.8 Å². The van der Waals surface area contributed by atoms with Crippen LogP contribution in [0.4, 0.5) is 0 Å². The first-order valence-corrected chi connectivity index (χ1v) is 8.50. The first-order valence-electron chi connectivity index (χ1n) is 8.50. The maximum Gasteiger partial charge on any atom is 0.223 e. The summed E-state index contributed by atoms with van der Waals surface area (Å²) in [7, 11) is 1.95. The summed E-state index contributed by atoms with van der Waals surface area (Å²) in [5, 5.41) is 4.27. The van der Waals surface area contributed by atoms with Crippen molar-refractivity contribution in [3.63, 3.8) is 0 Å². The molecule has 0 bridgehead atoms. The molecule has 1 atom stereocenters. The lowest BCUT2D eigenvalue weighted by Crippen LogP contribution is -2.32.